The fraction of sp³-hybridized carbons (Fsp3) is 0.562. The van der Waals surface area contributed by atoms with Gasteiger partial charge in [-0.25, -0.2) is 4.79 Å². The predicted molar refractivity (Wildman–Crippen MR) is 87.3 cm³/mol. The van der Waals surface area contributed by atoms with Crippen molar-refractivity contribution in [3.8, 4) is 0 Å². The van der Waals surface area contributed by atoms with E-state index in [1.54, 1.807) is 12.4 Å². The van der Waals surface area contributed by atoms with Crippen LogP contribution in [0.15, 0.2) is 24.5 Å². The van der Waals surface area contributed by atoms with E-state index in [0.717, 1.165) is 31.6 Å². The van der Waals surface area contributed by atoms with E-state index >= 15 is 0 Å². The number of hydrogen-bond donors (Lipinski definition) is 1. The lowest BCUT2D eigenvalue weighted by molar-refractivity contribution is -0.140. The minimum Gasteiger partial charge on any atom is -0.469 e. The van der Waals surface area contributed by atoms with E-state index in [2.05, 4.69) is 19.9 Å². The fourth-order valence-electron chi connectivity index (χ4n) is 2.53. The molecule has 0 aliphatic carbocycles. The standard InChI is InChI=1S/C16H24N4O3/c1-23-15(21)4-2-3-7-18-16(22)20-12-10-19(11-13-20)14-5-8-17-9-6-14/h5-6,8-9H,2-4,7,10-13H2,1H3,(H,18,22). The Balaban J connectivity index is 1.63. The normalized spacial score (nSPS) is 14.5. The maximum atomic E-state index is 12.1. The van der Waals surface area contributed by atoms with Crippen molar-refractivity contribution < 1.29 is 14.3 Å². The minimum absolute atomic E-state index is 0.0301. The highest BCUT2D eigenvalue weighted by Crippen LogP contribution is 2.14. The molecule has 7 heteroatoms. The molecule has 0 aromatic carbocycles. The Morgan fingerprint density at radius 1 is 1.17 bits per heavy atom. The molecule has 0 bridgehead atoms. The number of carbonyl (C=O) groups is 2. The molecule has 1 aliphatic rings. The first-order valence-electron chi connectivity index (χ1n) is 7.95. The number of urea groups is 1. The summed E-state index contributed by atoms with van der Waals surface area (Å²) in [6.45, 7) is 3.63. The van der Waals surface area contributed by atoms with Gasteiger partial charge < -0.3 is 19.9 Å². The SMILES string of the molecule is COC(=O)CCCCNC(=O)N1CCN(c2ccncc2)CC1. The molecule has 1 aromatic heterocycles. The molecule has 1 aromatic rings. The number of aromatic nitrogens is 1. The Morgan fingerprint density at radius 2 is 1.87 bits per heavy atom. The van der Waals surface area contributed by atoms with E-state index in [1.165, 1.54) is 7.11 Å². The van der Waals surface area contributed by atoms with Gasteiger partial charge in [0, 0.05) is 57.2 Å². The van der Waals surface area contributed by atoms with Crippen molar-refractivity contribution in [1.29, 1.82) is 0 Å². The molecular weight excluding hydrogens is 296 g/mol. The number of methoxy groups -OCH3 is 1. The van der Waals surface area contributed by atoms with Crippen LogP contribution in [0.1, 0.15) is 19.3 Å². The highest BCUT2D eigenvalue weighted by atomic mass is 16.5. The van der Waals surface area contributed by atoms with Crippen LogP contribution in [0.25, 0.3) is 0 Å². The van der Waals surface area contributed by atoms with Gasteiger partial charge >= 0.3 is 12.0 Å². The van der Waals surface area contributed by atoms with Gasteiger partial charge in [0.25, 0.3) is 0 Å². The quantitative estimate of drug-likeness (QED) is 0.631. The van der Waals surface area contributed by atoms with Crippen LogP contribution in [-0.2, 0) is 9.53 Å². The molecule has 1 N–H and O–H groups in total. The topological polar surface area (TPSA) is 74.8 Å². The summed E-state index contributed by atoms with van der Waals surface area (Å²) >= 11 is 0. The van der Waals surface area contributed by atoms with Gasteiger partial charge in [-0.1, -0.05) is 0 Å². The third-order valence-corrected chi connectivity index (χ3v) is 3.91. The molecular formula is C16H24N4O3. The molecule has 1 fully saturated rings. The number of pyridine rings is 1. The number of rotatable bonds is 6. The molecule has 0 radical (unpaired) electrons. The first-order chi connectivity index (χ1) is 11.2. The number of carbonyl (C=O) groups excluding carboxylic acids is 2. The minimum atomic E-state index is -0.205. The second-order valence-corrected chi connectivity index (χ2v) is 5.44. The summed E-state index contributed by atoms with van der Waals surface area (Å²) in [5.41, 5.74) is 1.14. The van der Waals surface area contributed by atoms with E-state index in [9.17, 15) is 9.59 Å². The molecule has 0 saturated carbocycles. The molecule has 126 valence electrons. The lowest BCUT2D eigenvalue weighted by Crippen LogP contribution is -2.52. The number of ether oxygens (including phenoxy) is 1. The van der Waals surface area contributed by atoms with Crippen LogP contribution in [0.2, 0.25) is 0 Å². The maximum absolute atomic E-state index is 12.1. The lowest BCUT2D eigenvalue weighted by Gasteiger charge is -2.36. The molecule has 1 saturated heterocycles. The van der Waals surface area contributed by atoms with E-state index < -0.39 is 0 Å². The number of esters is 1. The van der Waals surface area contributed by atoms with Gasteiger partial charge in [0.15, 0.2) is 0 Å². The van der Waals surface area contributed by atoms with Gasteiger partial charge in [-0.05, 0) is 25.0 Å². The molecule has 2 amide bonds. The number of nitrogens with zero attached hydrogens (tertiary/aromatic N) is 3. The lowest BCUT2D eigenvalue weighted by atomic mass is 10.2. The molecule has 1 aliphatic heterocycles. The predicted octanol–water partition coefficient (Wildman–Crippen LogP) is 1.26. The van der Waals surface area contributed by atoms with Gasteiger partial charge in [0.2, 0.25) is 0 Å². The Morgan fingerprint density at radius 3 is 2.52 bits per heavy atom. The smallest absolute Gasteiger partial charge is 0.317 e. The van der Waals surface area contributed by atoms with Crippen LogP contribution in [0.5, 0.6) is 0 Å². The zero-order valence-electron chi connectivity index (χ0n) is 13.5. The second-order valence-electron chi connectivity index (χ2n) is 5.44. The Kier molecular flexibility index (Phi) is 6.65. The van der Waals surface area contributed by atoms with Crippen molar-refractivity contribution in [1.82, 2.24) is 15.2 Å². The highest BCUT2D eigenvalue weighted by Gasteiger charge is 2.20. The molecule has 7 nitrogen and oxygen atoms in total. The van der Waals surface area contributed by atoms with Gasteiger partial charge in [-0.15, -0.1) is 0 Å². The van der Waals surface area contributed by atoms with Crippen LogP contribution >= 0.6 is 0 Å². The van der Waals surface area contributed by atoms with Crippen LogP contribution in [-0.4, -0.2) is 61.7 Å². The highest BCUT2D eigenvalue weighted by molar-refractivity contribution is 5.74. The van der Waals surface area contributed by atoms with Gasteiger partial charge in [-0.2, -0.15) is 0 Å². The van der Waals surface area contributed by atoms with Crippen molar-refractivity contribution in [2.75, 3.05) is 44.7 Å². The Labute approximate surface area is 136 Å². The maximum Gasteiger partial charge on any atom is 0.317 e. The number of amides is 2. The number of anilines is 1. The summed E-state index contributed by atoms with van der Waals surface area (Å²) in [4.78, 5) is 31.2. The molecule has 0 spiro atoms. The van der Waals surface area contributed by atoms with Gasteiger partial charge in [0.05, 0.1) is 7.11 Å². The van der Waals surface area contributed by atoms with Crippen molar-refractivity contribution in [3.63, 3.8) is 0 Å². The molecule has 2 rings (SSSR count). The Hall–Kier alpha value is -2.31. The first kappa shape index (κ1) is 17.1. The summed E-state index contributed by atoms with van der Waals surface area (Å²) in [6.07, 6.45) is 5.46. The van der Waals surface area contributed by atoms with E-state index in [-0.39, 0.29) is 12.0 Å². The summed E-state index contributed by atoms with van der Waals surface area (Å²) in [5.74, 6) is -0.205. The molecule has 0 atom stereocenters. The fourth-order valence-corrected chi connectivity index (χ4v) is 2.53. The number of piperazine rings is 1. The van der Waals surface area contributed by atoms with Crippen LogP contribution in [0.3, 0.4) is 0 Å². The average Bonchev–Trinajstić information content (AvgIpc) is 2.62. The average molecular weight is 320 g/mol. The summed E-state index contributed by atoms with van der Waals surface area (Å²) in [6, 6.07) is 3.94. The zero-order valence-corrected chi connectivity index (χ0v) is 13.5. The van der Waals surface area contributed by atoms with E-state index in [4.69, 9.17) is 0 Å². The van der Waals surface area contributed by atoms with Crippen LogP contribution in [0.4, 0.5) is 10.5 Å². The van der Waals surface area contributed by atoms with Crippen molar-refractivity contribution in [2.24, 2.45) is 0 Å². The largest absolute Gasteiger partial charge is 0.469 e. The van der Waals surface area contributed by atoms with Gasteiger partial charge in [-0.3, -0.25) is 9.78 Å². The number of nitrogens with one attached hydrogen (secondary N) is 1. The van der Waals surface area contributed by atoms with Gasteiger partial charge in [0.1, 0.15) is 0 Å². The van der Waals surface area contributed by atoms with E-state index in [1.807, 2.05) is 17.0 Å². The summed E-state index contributed by atoms with van der Waals surface area (Å²) in [7, 11) is 1.38. The third-order valence-electron chi connectivity index (χ3n) is 3.91. The first-order valence-corrected chi connectivity index (χ1v) is 7.95. The second kappa shape index (κ2) is 8.97. The molecule has 2 heterocycles. The van der Waals surface area contributed by atoms with Crippen molar-refractivity contribution in [2.45, 2.75) is 19.3 Å². The third kappa shape index (κ3) is 5.43. The van der Waals surface area contributed by atoms with Crippen molar-refractivity contribution in [3.05, 3.63) is 24.5 Å². The number of unbranched alkanes of at least 4 members (excludes halogenated alkanes) is 1. The van der Waals surface area contributed by atoms with E-state index in [0.29, 0.717) is 26.1 Å². The zero-order chi connectivity index (χ0) is 16.5. The Bertz CT molecular complexity index is 501. The summed E-state index contributed by atoms with van der Waals surface area (Å²) < 4.78 is 4.58. The number of hydrogen-bond acceptors (Lipinski definition) is 5. The van der Waals surface area contributed by atoms with Crippen LogP contribution < -0.4 is 10.2 Å². The van der Waals surface area contributed by atoms with Crippen molar-refractivity contribution >= 4 is 17.7 Å². The monoisotopic (exact) mass is 320 g/mol. The summed E-state index contributed by atoms with van der Waals surface area (Å²) in [5, 5.41) is 2.91. The molecule has 0 unspecified atom stereocenters. The molecule has 23 heavy (non-hydrogen) atoms. The van der Waals surface area contributed by atoms with Crippen LogP contribution in [0, 0.1) is 0 Å².